The number of nitrogens with zero attached hydrogens (tertiary/aromatic N) is 2. The molecule has 0 aromatic heterocycles. The molecule has 1 heterocycles. The van der Waals surface area contributed by atoms with Gasteiger partial charge in [-0.15, -0.1) is 0 Å². The summed E-state index contributed by atoms with van der Waals surface area (Å²) in [5.41, 5.74) is 5.44. The Morgan fingerprint density at radius 1 is 1.53 bits per heavy atom. The van der Waals surface area contributed by atoms with Gasteiger partial charge in [0.1, 0.15) is 6.61 Å². The SMILES string of the molecule is NC(=NO)C1CCCN1C(=O)CCOCC(F)(F)F. The lowest BCUT2D eigenvalue weighted by Crippen LogP contribution is -2.44. The predicted octanol–water partition coefficient (Wildman–Crippen LogP) is 0.693. The number of hydrogen-bond acceptors (Lipinski definition) is 4. The fourth-order valence-corrected chi connectivity index (χ4v) is 1.93. The van der Waals surface area contributed by atoms with Crippen LogP contribution in [0.15, 0.2) is 5.16 Å². The molecule has 0 aromatic carbocycles. The summed E-state index contributed by atoms with van der Waals surface area (Å²) >= 11 is 0. The fourth-order valence-electron chi connectivity index (χ4n) is 1.93. The van der Waals surface area contributed by atoms with Crippen molar-refractivity contribution in [2.24, 2.45) is 10.9 Å². The molecule has 0 radical (unpaired) electrons. The number of oxime groups is 1. The van der Waals surface area contributed by atoms with Gasteiger partial charge in [-0.05, 0) is 12.8 Å². The van der Waals surface area contributed by atoms with E-state index in [4.69, 9.17) is 10.9 Å². The van der Waals surface area contributed by atoms with Crippen molar-refractivity contribution in [2.75, 3.05) is 19.8 Å². The van der Waals surface area contributed by atoms with E-state index in [0.717, 1.165) is 0 Å². The maximum Gasteiger partial charge on any atom is 0.411 e. The summed E-state index contributed by atoms with van der Waals surface area (Å²) in [5.74, 6) is -0.432. The van der Waals surface area contributed by atoms with Crippen molar-refractivity contribution in [3.05, 3.63) is 0 Å². The third-order valence-corrected chi connectivity index (χ3v) is 2.76. The molecular formula is C10H16F3N3O3. The number of carbonyl (C=O) groups excluding carboxylic acids is 1. The Labute approximate surface area is 108 Å². The summed E-state index contributed by atoms with van der Waals surface area (Å²) < 4.78 is 39.8. The number of alkyl halides is 3. The van der Waals surface area contributed by atoms with Gasteiger partial charge in [0.2, 0.25) is 5.91 Å². The minimum absolute atomic E-state index is 0.0675. The number of carbonyl (C=O) groups is 1. The first kappa shape index (κ1) is 15.5. The molecule has 3 N–H and O–H groups in total. The molecule has 1 rings (SSSR count). The molecule has 0 saturated carbocycles. The molecule has 0 aromatic rings. The molecule has 1 atom stereocenters. The van der Waals surface area contributed by atoms with Crippen molar-refractivity contribution in [3.8, 4) is 0 Å². The van der Waals surface area contributed by atoms with Crippen molar-refractivity contribution in [2.45, 2.75) is 31.5 Å². The maximum atomic E-state index is 11.8. The lowest BCUT2D eigenvalue weighted by molar-refractivity contribution is -0.175. The van der Waals surface area contributed by atoms with Gasteiger partial charge in [0, 0.05) is 6.54 Å². The van der Waals surface area contributed by atoms with Gasteiger partial charge in [-0.25, -0.2) is 0 Å². The Morgan fingerprint density at radius 3 is 2.79 bits per heavy atom. The zero-order valence-corrected chi connectivity index (χ0v) is 10.2. The third kappa shape index (κ3) is 4.93. The second kappa shape index (κ2) is 6.60. The highest BCUT2D eigenvalue weighted by atomic mass is 19.4. The number of halogens is 3. The summed E-state index contributed by atoms with van der Waals surface area (Å²) in [6, 6.07) is -0.486. The van der Waals surface area contributed by atoms with Crippen LogP contribution >= 0.6 is 0 Å². The molecule has 0 aliphatic carbocycles. The number of likely N-dealkylation sites (tertiary alicyclic amines) is 1. The predicted molar refractivity (Wildman–Crippen MR) is 59.6 cm³/mol. The zero-order chi connectivity index (χ0) is 14.5. The lowest BCUT2D eigenvalue weighted by Gasteiger charge is -2.23. The molecule has 1 aliphatic rings. The minimum atomic E-state index is -4.40. The van der Waals surface area contributed by atoms with Crippen LogP contribution in [0.25, 0.3) is 0 Å². The van der Waals surface area contributed by atoms with Gasteiger partial charge in [-0.2, -0.15) is 13.2 Å². The first-order valence-corrected chi connectivity index (χ1v) is 5.76. The summed E-state index contributed by atoms with van der Waals surface area (Å²) in [4.78, 5) is 13.2. The summed E-state index contributed by atoms with van der Waals surface area (Å²) in [6.45, 7) is -1.24. The second-order valence-corrected chi connectivity index (χ2v) is 4.19. The molecular weight excluding hydrogens is 267 g/mol. The van der Waals surface area contributed by atoms with Crippen LogP contribution in [0.1, 0.15) is 19.3 Å². The minimum Gasteiger partial charge on any atom is -0.409 e. The first-order chi connectivity index (χ1) is 8.85. The third-order valence-electron chi connectivity index (χ3n) is 2.76. The Morgan fingerprint density at radius 2 is 2.21 bits per heavy atom. The number of amides is 1. The summed E-state index contributed by atoms with van der Waals surface area (Å²) in [7, 11) is 0. The van der Waals surface area contributed by atoms with Crippen LogP contribution in [0.4, 0.5) is 13.2 Å². The molecule has 110 valence electrons. The highest BCUT2D eigenvalue weighted by Gasteiger charge is 2.32. The summed E-state index contributed by atoms with van der Waals surface area (Å²) in [6.07, 6.45) is -3.28. The maximum absolute atomic E-state index is 11.8. The zero-order valence-electron chi connectivity index (χ0n) is 10.2. The molecule has 1 fully saturated rings. The van der Waals surface area contributed by atoms with Gasteiger partial charge in [0.15, 0.2) is 5.84 Å². The highest BCUT2D eigenvalue weighted by Crippen LogP contribution is 2.19. The van der Waals surface area contributed by atoms with E-state index in [1.807, 2.05) is 0 Å². The van der Waals surface area contributed by atoms with Crippen LogP contribution in [0, 0.1) is 0 Å². The number of amidine groups is 1. The topological polar surface area (TPSA) is 88.2 Å². The van der Waals surface area contributed by atoms with E-state index in [1.54, 1.807) is 0 Å². The molecule has 0 spiro atoms. The molecule has 1 aliphatic heterocycles. The van der Waals surface area contributed by atoms with Crippen LogP contribution in [-0.2, 0) is 9.53 Å². The second-order valence-electron chi connectivity index (χ2n) is 4.19. The van der Waals surface area contributed by atoms with Crippen molar-refractivity contribution >= 4 is 11.7 Å². The van der Waals surface area contributed by atoms with Crippen molar-refractivity contribution in [1.82, 2.24) is 4.90 Å². The van der Waals surface area contributed by atoms with Gasteiger partial charge in [-0.3, -0.25) is 4.79 Å². The molecule has 6 nitrogen and oxygen atoms in total. The molecule has 1 saturated heterocycles. The smallest absolute Gasteiger partial charge is 0.409 e. The first-order valence-electron chi connectivity index (χ1n) is 5.76. The lowest BCUT2D eigenvalue weighted by atomic mass is 10.2. The Hall–Kier alpha value is -1.51. The number of rotatable bonds is 5. The van der Waals surface area contributed by atoms with E-state index in [1.165, 1.54) is 4.90 Å². The van der Waals surface area contributed by atoms with Crippen LogP contribution in [0.5, 0.6) is 0 Å². The molecule has 0 bridgehead atoms. The van der Waals surface area contributed by atoms with Crippen molar-refractivity contribution in [1.29, 1.82) is 0 Å². The van der Waals surface area contributed by atoms with E-state index in [9.17, 15) is 18.0 Å². The van der Waals surface area contributed by atoms with E-state index < -0.39 is 18.8 Å². The van der Waals surface area contributed by atoms with Crippen LogP contribution in [0.3, 0.4) is 0 Å². The molecule has 9 heteroatoms. The van der Waals surface area contributed by atoms with E-state index in [0.29, 0.717) is 19.4 Å². The fraction of sp³-hybridized carbons (Fsp3) is 0.800. The van der Waals surface area contributed by atoms with E-state index in [-0.39, 0.29) is 24.8 Å². The number of nitrogens with two attached hydrogens (primary N) is 1. The normalized spacial score (nSPS) is 20.9. The quantitative estimate of drug-likeness (QED) is 0.255. The van der Waals surface area contributed by atoms with Gasteiger partial charge < -0.3 is 20.6 Å². The standard InChI is InChI=1S/C10H16F3N3O3/c11-10(12,13)6-19-5-3-8(17)16-4-1-2-7(16)9(14)15-18/h7,18H,1-6H2,(H2,14,15). The van der Waals surface area contributed by atoms with Crippen LogP contribution < -0.4 is 5.73 Å². The Kier molecular flexibility index (Phi) is 5.40. The number of hydrogen-bond donors (Lipinski definition) is 2. The van der Waals surface area contributed by atoms with Gasteiger partial charge in [-0.1, -0.05) is 5.16 Å². The van der Waals surface area contributed by atoms with E-state index in [2.05, 4.69) is 9.89 Å². The highest BCUT2D eigenvalue weighted by molar-refractivity contribution is 5.90. The van der Waals surface area contributed by atoms with Crippen molar-refractivity contribution < 1.29 is 27.9 Å². The Bertz CT molecular complexity index is 347. The summed E-state index contributed by atoms with van der Waals surface area (Å²) in [5, 5.41) is 11.4. The Balaban J connectivity index is 2.37. The van der Waals surface area contributed by atoms with Crippen LogP contribution in [-0.4, -0.2) is 53.8 Å². The van der Waals surface area contributed by atoms with Gasteiger partial charge >= 0.3 is 6.18 Å². The largest absolute Gasteiger partial charge is 0.411 e. The number of ether oxygens (including phenoxy) is 1. The average molecular weight is 283 g/mol. The monoisotopic (exact) mass is 283 g/mol. The van der Waals surface area contributed by atoms with E-state index >= 15 is 0 Å². The molecule has 1 amide bonds. The van der Waals surface area contributed by atoms with Crippen molar-refractivity contribution in [3.63, 3.8) is 0 Å². The average Bonchev–Trinajstić information content (AvgIpc) is 2.81. The van der Waals surface area contributed by atoms with Crippen LogP contribution in [0.2, 0.25) is 0 Å². The molecule has 19 heavy (non-hydrogen) atoms. The molecule has 1 unspecified atom stereocenters. The van der Waals surface area contributed by atoms with Gasteiger partial charge in [0.25, 0.3) is 0 Å². The van der Waals surface area contributed by atoms with Gasteiger partial charge in [0.05, 0.1) is 19.1 Å².